The highest BCUT2D eigenvalue weighted by atomic mass is 16.8. The highest BCUT2D eigenvalue weighted by molar-refractivity contribution is 5.92. The number of ether oxygens (including phenoxy) is 2. The molecule has 7 heteroatoms. The van der Waals surface area contributed by atoms with Gasteiger partial charge in [0.15, 0.2) is 0 Å². The first-order valence-electron chi connectivity index (χ1n) is 5.46. The van der Waals surface area contributed by atoms with Crippen LogP contribution in [0.4, 0.5) is 0 Å². The SMILES string of the molecule is CCOCCOC(=O)c1ccc2c(c1)no[n+]2[O-]. The second kappa shape index (κ2) is 5.46. The Kier molecular flexibility index (Phi) is 3.73. The van der Waals surface area contributed by atoms with Crippen LogP contribution in [0.5, 0.6) is 0 Å². The zero-order chi connectivity index (χ0) is 13.0. The number of benzene rings is 1. The Morgan fingerprint density at radius 2 is 2.33 bits per heavy atom. The number of hydrogen-bond acceptors (Lipinski definition) is 6. The van der Waals surface area contributed by atoms with Crippen molar-refractivity contribution < 1.29 is 23.8 Å². The summed E-state index contributed by atoms with van der Waals surface area (Å²) in [6, 6.07) is 4.38. The number of aromatic nitrogens is 2. The molecule has 7 nitrogen and oxygen atoms in total. The first-order valence-corrected chi connectivity index (χ1v) is 5.46. The quantitative estimate of drug-likeness (QED) is 0.441. The zero-order valence-corrected chi connectivity index (χ0v) is 9.79. The predicted molar refractivity (Wildman–Crippen MR) is 59.7 cm³/mol. The van der Waals surface area contributed by atoms with E-state index < -0.39 is 5.97 Å². The Hall–Kier alpha value is -2.15. The molecule has 2 rings (SSSR count). The van der Waals surface area contributed by atoms with E-state index in [4.69, 9.17) is 9.47 Å². The molecule has 1 heterocycles. The van der Waals surface area contributed by atoms with Crippen molar-refractivity contribution in [3.63, 3.8) is 0 Å². The topological polar surface area (TPSA) is 88.5 Å². The van der Waals surface area contributed by atoms with Gasteiger partial charge in [0.1, 0.15) is 6.61 Å². The van der Waals surface area contributed by atoms with Gasteiger partial charge in [0.2, 0.25) is 11.0 Å². The van der Waals surface area contributed by atoms with E-state index in [1.807, 2.05) is 6.92 Å². The summed E-state index contributed by atoms with van der Waals surface area (Å²) in [5.41, 5.74) is 0.887. The summed E-state index contributed by atoms with van der Waals surface area (Å²) in [4.78, 5) is 11.9. The van der Waals surface area contributed by atoms with Crippen LogP contribution in [0.1, 0.15) is 17.3 Å². The summed E-state index contributed by atoms with van der Waals surface area (Å²) in [5.74, 6) is -0.489. The maximum atomic E-state index is 11.6. The van der Waals surface area contributed by atoms with E-state index in [1.54, 1.807) is 0 Å². The van der Waals surface area contributed by atoms with E-state index in [-0.39, 0.29) is 17.0 Å². The summed E-state index contributed by atoms with van der Waals surface area (Å²) >= 11 is 0. The fourth-order valence-corrected chi connectivity index (χ4v) is 1.42. The van der Waals surface area contributed by atoms with Crippen LogP contribution in [0.2, 0.25) is 0 Å². The molecular formula is C11H12N2O5. The minimum atomic E-state index is -0.489. The number of hydrogen-bond donors (Lipinski definition) is 0. The van der Waals surface area contributed by atoms with Crippen LogP contribution in [0.3, 0.4) is 0 Å². The van der Waals surface area contributed by atoms with Crippen molar-refractivity contribution in [2.24, 2.45) is 0 Å². The third kappa shape index (κ3) is 2.57. The lowest BCUT2D eigenvalue weighted by atomic mass is 10.2. The molecule has 18 heavy (non-hydrogen) atoms. The molecule has 0 saturated carbocycles. The third-order valence-corrected chi connectivity index (χ3v) is 2.29. The average Bonchev–Trinajstić information content (AvgIpc) is 2.76. The van der Waals surface area contributed by atoms with Gasteiger partial charge in [0.25, 0.3) is 0 Å². The van der Waals surface area contributed by atoms with Crippen molar-refractivity contribution >= 4 is 17.0 Å². The molecule has 0 amide bonds. The van der Waals surface area contributed by atoms with Gasteiger partial charge in [-0.1, -0.05) is 0 Å². The Balaban J connectivity index is 2.04. The predicted octanol–water partition coefficient (Wildman–Crippen LogP) is 0.654. The van der Waals surface area contributed by atoms with Crippen LogP contribution >= 0.6 is 0 Å². The smallest absolute Gasteiger partial charge is 0.338 e. The van der Waals surface area contributed by atoms with Crippen LogP contribution in [-0.4, -0.2) is 30.9 Å². The molecule has 0 spiro atoms. The largest absolute Gasteiger partial charge is 0.460 e. The van der Waals surface area contributed by atoms with E-state index in [9.17, 15) is 10.0 Å². The minimum absolute atomic E-state index is 0.186. The van der Waals surface area contributed by atoms with Gasteiger partial charge >= 0.3 is 5.97 Å². The summed E-state index contributed by atoms with van der Waals surface area (Å²) < 4.78 is 14.4. The zero-order valence-electron chi connectivity index (χ0n) is 9.79. The molecular weight excluding hydrogens is 240 g/mol. The Labute approximate surface area is 102 Å². The fourth-order valence-electron chi connectivity index (χ4n) is 1.42. The Morgan fingerprint density at radius 1 is 1.50 bits per heavy atom. The third-order valence-electron chi connectivity index (χ3n) is 2.29. The summed E-state index contributed by atoms with van der Waals surface area (Å²) in [5, 5.41) is 14.6. The van der Waals surface area contributed by atoms with Crippen molar-refractivity contribution in [3.05, 3.63) is 29.0 Å². The molecule has 0 unspecified atom stereocenters. The molecule has 1 aromatic carbocycles. The monoisotopic (exact) mass is 252 g/mol. The van der Waals surface area contributed by atoms with E-state index in [2.05, 4.69) is 9.79 Å². The maximum absolute atomic E-state index is 11.6. The van der Waals surface area contributed by atoms with Crippen LogP contribution in [0.25, 0.3) is 11.0 Å². The molecule has 0 atom stereocenters. The van der Waals surface area contributed by atoms with Gasteiger partial charge in [-0.3, -0.25) is 4.63 Å². The second-order valence-electron chi connectivity index (χ2n) is 3.47. The van der Waals surface area contributed by atoms with Crippen molar-refractivity contribution in [3.8, 4) is 0 Å². The lowest BCUT2D eigenvalue weighted by Crippen LogP contribution is -2.22. The Bertz CT molecular complexity index is 551. The molecule has 0 aliphatic heterocycles. The number of carbonyl (C=O) groups excluding carboxylic acids is 1. The molecule has 0 radical (unpaired) electrons. The lowest BCUT2D eigenvalue weighted by Gasteiger charge is -2.04. The first-order chi connectivity index (χ1) is 8.72. The molecule has 2 aromatic rings. The molecule has 0 N–H and O–H groups in total. The van der Waals surface area contributed by atoms with Crippen molar-refractivity contribution in [2.45, 2.75) is 6.92 Å². The highest BCUT2D eigenvalue weighted by Gasteiger charge is 2.14. The van der Waals surface area contributed by atoms with E-state index in [1.165, 1.54) is 18.2 Å². The molecule has 96 valence electrons. The van der Waals surface area contributed by atoms with E-state index >= 15 is 0 Å². The van der Waals surface area contributed by atoms with Gasteiger partial charge in [-0.2, -0.15) is 0 Å². The number of rotatable bonds is 5. The van der Waals surface area contributed by atoms with Crippen LogP contribution in [0, 0.1) is 5.21 Å². The standard InChI is InChI=1S/C11H12N2O5/c1-2-16-5-6-17-11(14)8-3-4-10-9(7-8)12-18-13(10)15/h3-4,7H,2,5-6H2,1H3. The number of nitrogens with zero attached hydrogens (tertiary/aromatic N) is 2. The minimum Gasteiger partial charge on any atom is -0.460 e. The Morgan fingerprint density at radius 3 is 3.11 bits per heavy atom. The van der Waals surface area contributed by atoms with Crippen LogP contribution < -0.4 is 4.90 Å². The summed E-state index contributed by atoms with van der Waals surface area (Å²) in [7, 11) is 0. The van der Waals surface area contributed by atoms with Crippen molar-refractivity contribution in [1.82, 2.24) is 5.16 Å². The van der Waals surface area contributed by atoms with E-state index in [0.717, 1.165) is 0 Å². The highest BCUT2D eigenvalue weighted by Crippen LogP contribution is 2.11. The van der Waals surface area contributed by atoms with Crippen LogP contribution in [-0.2, 0) is 9.47 Å². The molecule has 0 aliphatic rings. The molecule has 0 aliphatic carbocycles. The van der Waals surface area contributed by atoms with Crippen molar-refractivity contribution in [1.29, 1.82) is 0 Å². The normalized spacial score (nSPS) is 10.7. The van der Waals surface area contributed by atoms with Gasteiger partial charge in [-0.15, -0.1) is 0 Å². The van der Waals surface area contributed by atoms with Gasteiger partial charge < -0.3 is 14.7 Å². The number of fused-ring (bicyclic) bond motifs is 1. The van der Waals surface area contributed by atoms with Gasteiger partial charge in [-0.25, -0.2) is 4.79 Å². The average molecular weight is 252 g/mol. The first kappa shape index (κ1) is 12.3. The molecule has 1 aromatic heterocycles. The van der Waals surface area contributed by atoms with Gasteiger partial charge in [0, 0.05) is 17.8 Å². The molecule has 0 bridgehead atoms. The molecule has 0 saturated heterocycles. The van der Waals surface area contributed by atoms with Gasteiger partial charge in [0.05, 0.1) is 12.2 Å². The van der Waals surface area contributed by atoms with Gasteiger partial charge in [-0.05, 0) is 24.0 Å². The van der Waals surface area contributed by atoms with Crippen LogP contribution in [0.15, 0.2) is 22.8 Å². The number of esters is 1. The summed E-state index contributed by atoms with van der Waals surface area (Å²) in [6.45, 7) is 2.98. The van der Waals surface area contributed by atoms with E-state index in [0.29, 0.717) is 24.3 Å². The second-order valence-corrected chi connectivity index (χ2v) is 3.47. The lowest BCUT2D eigenvalue weighted by molar-refractivity contribution is -0.782. The number of carbonyl (C=O) groups is 1. The van der Waals surface area contributed by atoms with Crippen molar-refractivity contribution in [2.75, 3.05) is 19.8 Å². The maximum Gasteiger partial charge on any atom is 0.338 e. The fraction of sp³-hybridized carbons (Fsp3) is 0.364. The summed E-state index contributed by atoms with van der Waals surface area (Å²) in [6.07, 6.45) is 0. The molecule has 0 fully saturated rings.